The van der Waals surface area contributed by atoms with Crippen LogP contribution in [-0.2, 0) is 0 Å². The molecule has 28 heavy (non-hydrogen) atoms. The van der Waals surface area contributed by atoms with Crippen molar-refractivity contribution in [2.45, 2.75) is 13.0 Å². The van der Waals surface area contributed by atoms with Crippen molar-refractivity contribution >= 4 is 62.7 Å². The van der Waals surface area contributed by atoms with Crippen LogP contribution in [0.4, 0.5) is 10.1 Å². The van der Waals surface area contributed by atoms with Crippen molar-refractivity contribution < 1.29 is 4.39 Å². The Kier molecular flexibility index (Phi) is 5.00. The van der Waals surface area contributed by atoms with Crippen LogP contribution in [0.25, 0.3) is 16.7 Å². The Labute approximate surface area is 176 Å². The lowest BCUT2D eigenvalue weighted by Gasteiger charge is -2.14. The van der Waals surface area contributed by atoms with Gasteiger partial charge >= 0.3 is 0 Å². The summed E-state index contributed by atoms with van der Waals surface area (Å²) in [6, 6.07) is 2.46. The maximum absolute atomic E-state index is 14.5. The zero-order valence-electron chi connectivity index (χ0n) is 14.0. The van der Waals surface area contributed by atoms with Crippen LogP contribution in [0.15, 0.2) is 29.5 Å². The highest BCUT2D eigenvalue weighted by molar-refractivity contribution is 7.16. The third kappa shape index (κ3) is 3.35. The summed E-state index contributed by atoms with van der Waals surface area (Å²) in [4.78, 5) is 21.1. The number of thiazole rings is 1. The third-order valence-corrected chi connectivity index (χ3v) is 6.14. The van der Waals surface area contributed by atoms with Crippen molar-refractivity contribution in [3.8, 4) is 5.82 Å². The first-order valence-corrected chi connectivity index (χ1v) is 9.78. The fourth-order valence-corrected chi connectivity index (χ4v) is 4.07. The number of rotatable bonds is 4. The van der Waals surface area contributed by atoms with E-state index in [0.29, 0.717) is 15.0 Å². The average molecular weight is 460 g/mol. The highest BCUT2D eigenvalue weighted by Crippen LogP contribution is 2.33. The van der Waals surface area contributed by atoms with Crippen LogP contribution in [0.2, 0.25) is 14.5 Å². The van der Waals surface area contributed by atoms with E-state index in [4.69, 9.17) is 34.8 Å². The summed E-state index contributed by atoms with van der Waals surface area (Å²) in [6.07, 6.45) is 2.56. The van der Waals surface area contributed by atoms with Crippen LogP contribution in [0.5, 0.6) is 0 Å². The molecule has 0 radical (unpaired) electrons. The molecule has 0 aliphatic heterocycles. The molecule has 0 bridgehead atoms. The topological polar surface area (TPSA) is 88.5 Å². The summed E-state index contributed by atoms with van der Waals surface area (Å²) in [5.41, 5.74) is -0.158. The Morgan fingerprint density at radius 3 is 2.75 bits per heavy atom. The fourth-order valence-electron chi connectivity index (χ4n) is 2.66. The first-order valence-electron chi connectivity index (χ1n) is 7.83. The zero-order chi connectivity index (χ0) is 20.0. The molecule has 1 atom stereocenters. The quantitative estimate of drug-likeness (QED) is 0.456. The van der Waals surface area contributed by atoms with Crippen molar-refractivity contribution in [3.05, 3.63) is 60.3 Å². The van der Waals surface area contributed by atoms with Gasteiger partial charge in [-0.15, -0.1) is 11.3 Å². The number of hydrogen-bond acceptors (Lipinski definition) is 6. The van der Waals surface area contributed by atoms with Gasteiger partial charge in [-0.1, -0.05) is 34.8 Å². The van der Waals surface area contributed by atoms with Crippen LogP contribution in [-0.4, -0.2) is 24.7 Å². The number of benzene rings is 1. The van der Waals surface area contributed by atoms with Crippen molar-refractivity contribution in [2.75, 3.05) is 5.32 Å². The van der Waals surface area contributed by atoms with Gasteiger partial charge in [-0.2, -0.15) is 5.10 Å². The van der Waals surface area contributed by atoms with Crippen molar-refractivity contribution in [2.24, 2.45) is 0 Å². The van der Waals surface area contributed by atoms with Gasteiger partial charge in [-0.05, 0) is 19.1 Å². The second-order valence-corrected chi connectivity index (χ2v) is 8.22. The van der Waals surface area contributed by atoms with E-state index in [0.717, 1.165) is 0 Å². The number of nitrogens with one attached hydrogen (secondary N) is 2. The number of aromatic amines is 1. The summed E-state index contributed by atoms with van der Waals surface area (Å²) < 4.78 is 16.1. The molecule has 3 heterocycles. The average Bonchev–Trinajstić information content (AvgIpc) is 3.22. The van der Waals surface area contributed by atoms with Crippen molar-refractivity contribution in [1.29, 1.82) is 0 Å². The summed E-state index contributed by atoms with van der Waals surface area (Å²) in [6.45, 7) is 1.82. The van der Waals surface area contributed by atoms with E-state index in [2.05, 4.69) is 25.5 Å². The zero-order valence-corrected chi connectivity index (χ0v) is 17.1. The SMILES string of the molecule is CC(Nc1cc(F)c2ncn(-c3[nH]ncc3Cl)c(=O)c2c1)c1nc(Cl)c(Cl)s1. The van der Waals surface area contributed by atoms with E-state index in [1.165, 1.54) is 40.6 Å². The molecule has 1 aromatic carbocycles. The molecule has 0 saturated heterocycles. The van der Waals surface area contributed by atoms with Crippen LogP contribution >= 0.6 is 46.1 Å². The Hall–Kier alpha value is -2.20. The molecule has 1 unspecified atom stereocenters. The van der Waals surface area contributed by atoms with E-state index in [1.807, 2.05) is 6.92 Å². The Balaban J connectivity index is 1.77. The molecule has 0 amide bonds. The Morgan fingerprint density at radius 2 is 2.11 bits per heavy atom. The van der Waals surface area contributed by atoms with Gasteiger partial charge in [0, 0.05) is 5.69 Å². The molecule has 4 rings (SSSR count). The van der Waals surface area contributed by atoms with Crippen LogP contribution in [0, 0.1) is 5.82 Å². The Bertz CT molecular complexity index is 1230. The minimum absolute atomic E-state index is 0.0459. The molecule has 0 saturated carbocycles. The largest absolute Gasteiger partial charge is 0.376 e. The van der Waals surface area contributed by atoms with E-state index in [9.17, 15) is 9.18 Å². The highest BCUT2D eigenvalue weighted by Gasteiger charge is 2.17. The van der Waals surface area contributed by atoms with Gasteiger partial charge in [-0.25, -0.2) is 18.9 Å². The number of H-pyrrole nitrogens is 1. The molecule has 12 heteroatoms. The first-order chi connectivity index (χ1) is 13.3. The van der Waals surface area contributed by atoms with Gasteiger partial charge in [0.15, 0.2) is 16.8 Å². The van der Waals surface area contributed by atoms with E-state index in [-0.39, 0.29) is 32.9 Å². The second kappa shape index (κ2) is 7.32. The lowest BCUT2D eigenvalue weighted by Crippen LogP contribution is -2.20. The normalized spacial score (nSPS) is 12.5. The lowest BCUT2D eigenvalue weighted by molar-refractivity contribution is 0.635. The molecule has 2 N–H and O–H groups in total. The predicted molar refractivity (Wildman–Crippen MR) is 109 cm³/mol. The van der Waals surface area contributed by atoms with E-state index >= 15 is 0 Å². The number of aromatic nitrogens is 5. The standard InChI is InChI=1S/C16H10Cl3FN6OS/c1-6(15-24-12(18)13(19)28-15)23-7-2-8-11(10(20)3-7)21-5-26(16(8)27)14-9(17)4-22-25-14/h2-6,23H,1H3,(H,22,25). The molecule has 0 fully saturated rings. The molecule has 0 aliphatic rings. The Morgan fingerprint density at radius 1 is 1.32 bits per heavy atom. The maximum Gasteiger partial charge on any atom is 0.267 e. The smallest absolute Gasteiger partial charge is 0.267 e. The molecule has 3 aromatic heterocycles. The van der Waals surface area contributed by atoms with Gasteiger partial charge in [0.1, 0.15) is 26.2 Å². The van der Waals surface area contributed by atoms with E-state index < -0.39 is 11.4 Å². The minimum atomic E-state index is -0.637. The third-order valence-electron chi connectivity index (χ3n) is 3.95. The van der Waals surface area contributed by atoms with Crippen LogP contribution < -0.4 is 10.9 Å². The highest BCUT2D eigenvalue weighted by atomic mass is 35.5. The number of nitrogens with zero attached hydrogens (tertiary/aromatic N) is 4. The van der Waals surface area contributed by atoms with Crippen molar-refractivity contribution in [1.82, 2.24) is 24.7 Å². The van der Waals surface area contributed by atoms with Gasteiger partial charge in [0.2, 0.25) is 0 Å². The number of fused-ring (bicyclic) bond motifs is 1. The molecule has 0 spiro atoms. The molecular formula is C16H10Cl3FN6OS. The summed E-state index contributed by atoms with van der Waals surface area (Å²) in [7, 11) is 0. The predicted octanol–water partition coefficient (Wildman–Crippen LogP) is 4.84. The molecule has 0 aliphatic carbocycles. The lowest BCUT2D eigenvalue weighted by atomic mass is 10.2. The second-order valence-electron chi connectivity index (χ2n) is 5.82. The summed E-state index contributed by atoms with van der Waals surface area (Å²) >= 11 is 19.1. The maximum atomic E-state index is 14.5. The van der Waals surface area contributed by atoms with Crippen molar-refractivity contribution in [3.63, 3.8) is 0 Å². The molecular weight excluding hydrogens is 450 g/mol. The first kappa shape index (κ1) is 19.1. The van der Waals surface area contributed by atoms with Crippen LogP contribution in [0.3, 0.4) is 0 Å². The molecule has 144 valence electrons. The summed E-state index contributed by atoms with van der Waals surface area (Å²) in [5.74, 6) is -0.386. The van der Waals surface area contributed by atoms with Crippen LogP contribution in [0.1, 0.15) is 18.0 Å². The molecule has 4 aromatic rings. The van der Waals surface area contributed by atoms with Gasteiger partial charge in [-0.3, -0.25) is 9.89 Å². The van der Waals surface area contributed by atoms with Gasteiger partial charge < -0.3 is 5.32 Å². The molecule has 7 nitrogen and oxygen atoms in total. The minimum Gasteiger partial charge on any atom is -0.376 e. The van der Waals surface area contributed by atoms with Gasteiger partial charge in [0.05, 0.1) is 17.6 Å². The van der Waals surface area contributed by atoms with Gasteiger partial charge in [0.25, 0.3) is 5.56 Å². The number of hydrogen-bond donors (Lipinski definition) is 2. The summed E-state index contributed by atoms with van der Waals surface area (Å²) in [5, 5.41) is 10.6. The fraction of sp³-hybridized carbons (Fsp3) is 0.125. The number of anilines is 1. The number of halogens is 4. The van der Waals surface area contributed by atoms with E-state index in [1.54, 1.807) is 0 Å². The monoisotopic (exact) mass is 458 g/mol.